The van der Waals surface area contributed by atoms with Crippen LogP contribution in [0.15, 0.2) is 30.3 Å². The van der Waals surface area contributed by atoms with Gasteiger partial charge in [-0.2, -0.15) is 0 Å². The number of benzene rings is 1. The van der Waals surface area contributed by atoms with Gasteiger partial charge in [0.05, 0.1) is 6.10 Å². The number of rotatable bonds is 5. The van der Waals surface area contributed by atoms with E-state index in [9.17, 15) is 5.11 Å². The molecule has 1 fully saturated rings. The summed E-state index contributed by atoms with van der Waals surface area (Å²) < 4.78 is 0. The van der Waals surface area contributed by atoms with Crippen LogP contribution < -0.4 is 0 Å². The first-order valence-electron chi connectivity index (χ1n) is 6.85. The zero-order valence-corrected chi connectivity index (χ0v) is 10.8. The van der Waals surface area contributed by atoms with Crippen LogP contribution in [-0.2, 0) is 6.54 Å². The fourth-order valence-electron chi connectivity index (χ4n) is 2.71. The van der Waals surface area contributed by atoms with Gasteiger partial charge in [0, 0.05) is 13.2 Å². The minimum Gasteiger partial charge on any atom is -0.396 e. The van der Waals surface area contributed by atoms with Gasteiger partial charge in [0.2, 0.25) is 0 Å². The van der Waals surface area contributed by atoms with Gasteiger partial charge in [0.15, 0.2) is 0 Å². The fraction of sp³-hybridized carbons (Fsp3) is 0.600. The van der Waals surface area contributed by atoms with Crippen LogP contribution in [0.4, 0.5) is 0 Å². The molecule has 0 unspecified atom stereocenters. The molecule has 1 saturated heterocycles. The summed E-state index contributed by atoms with van der Waals surface area (Å²) in [7, 11) is 0. The van der Waals surface area contributed by atoms with Crippen LogP contribution in [0.2, 0.25) is 0 Å². The number of hydrogen-bond acceptors (Lipinski definition) is 3. The van der Waals surface area contributed by atoms with Gasteiger partial charge in [-0.3, -0.25) is 4.90 Å². The highest BCUT2D eigenvalue weighted by Gasteiger charge is 2.24. The van der Waals surface area contributed by atoms with Crippen LogP contribution in [0.1, 0.15) is 24.8 Å². The second kappa shape index (κ2) is 6.88. The number of aliphatic hydroxyl groups is 2. The van der Waals surface area contributed by atoms with Crippen LogP contribution in [0.25, 0.3) is 0 Å². The molecule has 0 radical (unpaired) electrons. The number of hydrogen-bond donors (Lipinski definition) is 2. The van der Waals surface area contributed by atoms with Crippen molar-refractivity contribution >= 4 is 0 Å². The zero-order chi connectivity index (χ0) is 12.8. The van der Waals surface area contributed by atoms with Crippen LogP contribution in [0.5, 0.6) is 0 Å². The average Bonchev–Trinajstić information content (AvgIpc) is 2.41. The molecule has 1 atom stereocenters. The molecule has 3 nitrogen and oxygen atoms in total. The van der Waals surface area contributed by atoms with Crippen molar-refractivity contribution in [2.75, 3.05) is 19.7 Å². The summed E-state index contributed by atoms with van der Waals surface area (Å²) in [5.74, 6) is 0.365. The highest BCUT2D eigenvalue weighted by Crippen LogP contribution is 2.23. The van der Waals surface area contributed by atoms with Crippen molar-refractivity contribution in [3.8, 4) is 0 Å². The third-order valence-electron chi connectivity index (χ3n) is 3.85. The van der Waals surface area contributed by atoms with E-state index in [-0.39, 0.29) is 12.7 Å². The van der Waals surface area contributed by atoms with Gasteiger partial charge in [-0.1, -0.05) is 30.3 Å². The van der Waals surface area contributed by atoms with E-state index < -0.39 is 0 Å². The van der Waals surface area contributed by atoms with Crippen LogP contribution in [0, 0.1) is 5.92 Å². The zero-order valence-electron chi connectivity index (χ0n) is 10.8. The molecule has 0 amide bonds. The number of likely N-dealkylation sites (tertiary alicyclic amines) is 1. The SMILES string of the molecule is OCC[C@@H](O)C1CCN(Cc2ccccc2)CC1. The maximum absolute atomic E-state index is 9.87. The Kier molecular flexibility index (Phi) is 5.17. The minimum atomic E-state index is -0.325. The van der Waals surface area contributed by atoms with Crippen molar-refractivity contribution in [2.45, 2.75) is 31.9 Å². The molecule has 1 heterocycles. The number of piperidine rings is 1. The third kappa shape index (κ3) is 3.80. The van der Waals surface area contributed by atoms with E-state index >= 15 is 0 Å². The van der Waals surface area contributed by atoms with E-state index in [4.69, 9.17) is 5.11 Å². The second-order valence-electron chi connectivity index (χ2n) is 5.18. The molecule has 0 aromatic heterocycles. The van der Waals surface area contributed by atoms with Crippen LogP contribution >= 0.6 is 0 Å². The molecule has 2 N–H and O–H groups in total. The Hall–Kier alpha value is -0.900. The van der Waals surface area contributed by atoms with Crippen molar-refractivity contribution in [1.82, 2.24) is 4.90 Å². The van der Waals surface area contributed by atoms with E-state index in [2.05, 4.69) is 29.2 Å². The largest absolute Gasteiger partial charge is 0.396 e. The Labute approximate surface area is 109 Å². The first-order valence-corrected chi connectivity index (χ1v) is 6.85. The molecule has 100 valence electrons. The Morgan fingerprint density at radius 2 is 1.83 bits per heavy atom. The molecule has 1 aliphatic rings. The summed E-state index contributed by atoms with van der Waals surface area (Å²) in [6.07, 6.45) is 2.26. The number of aliphatic hydroxyl groups excluding tert-OH is 2. The minimum absolute atomic E-state index is 0.0887. The molecule has 18 heavy (non-hydrogen) atoms. The molecule has 1 aromatic carbocycles. The second-order valence-corrected chi connectivity index (χ2v) is 5.18. The monoisotopic (exact) mass is 249 g/mol. The van der Waals surface area contributed by atoms with Crippen LogP contribution in [-0.4, -0.2) is 40.9 Å². The molecular weight excluding hydrogens is 226 g/mol. The molecule has 0 spiro atoms. The lowest BCUT2D eigenvalue weighted by molar-refractivity contribution is 0.0400. The van der Waals surface area contributed by atoms with Gasteiger partial charge in [0.25, 0.3) is 0 Å². The van der Waals surface area contributed by atoms with Crippen molar-refractivity contribution in [1.29, 1.82) is 0 Å². The highest BCUT2D eigenvalue weighted by molar-refractivity contribution is 5.14. The summed E-state index contributed by atoms with van der Waals surface area (Å²) >= 11 is 0. The maximum Gasteiger partial charge on any atom is 0.0591 e. The van der Waals surface area contributed by atoms with E-state index in [1.165, 1.54) is 5.56 Å². The summed E-state index contributed by atoms with van der Waals surface area (Å²) in [6, 6.07) is 10.5. The Morgan fingerprint density at radius 1 is 1.17 bits per heavy atom. The summed E-state index contributed by atoms with van der Waals surface area (Å²) in [5.41, 5.74) is 1.35. The number of nitrogens with zero attached hydrogens (tertiary/aromatic N) is 1. The predicted octanol–water partition coefficient (Wildman–Crippen LogP) is 1.64. The summed E-state index contributed by atoms with van der Waals surface area (Å²) in [4.78, 5) is 2.44. The van der Waals surface area contributed by atoms with Crippen LogP contribution in [0.3, 0.4) is 0 Å². The van der Waals surface area contributed by atoms with Crippen molar-refractivity contribution in [3.63, 3.8) is 0 Å². The quantitative estimate of drug-likeness (QED) is 0.834. The van der Waals surface area contributed by atoms with E-state index in [0.29, 0.717) is 12.3 Å². The highest BCUT2D eigenvalue weighted by atomic mass is 16.3. The molecular formula is C15H23NO2. The van der Waals surface area contributed by atoms with Gasteiger partial charge in [-0.15, -0.1) is 0 Å². The Bertz CT molecular complexity index is 334. The van der Waals surface area contributed by atoms with Gasteiger partial charge >= 0.3 is 0 Å². The Balaban J connectivity index is 1.77. The van der Waals surface area contributed by atoms with E-state index in [0.717, 1.165) is 32.5 Å². The smallest absolute Gasteiger partial charge is 0.0591 e. The maximum atomic E-state index is 9.87. The van der Waals surface area contributed by atoms with Crippen molar-refractivity contribution < 1.29 is 10.2 Å². The molecule has 0 aliphatic carbocycles. The first kappa shape index (κ1) is 13.5. The van der Waals surface area contributed by atoms with Crippen molar-refractivity contribution in [2.24, 2.45) is 5.92 Å². The average molecular weight is 249 g/mol. The molecule has 0 bridgehead atoms. The van der Waals surface area contributed by atoms with Gasteiger partial charge in [0.1, 0.15) is 0 Å². The summed E-state index contributed by atoms with van der Waals surface area (Å²) in [5, 5.41) is 18.7. The lowest BCUT2D eigenvalue weighted by Gasteiger charge is -2.34. The molecule has 3 heteroatoms. The van der Waals surface area contributed by atoms with E-state index in [1.54, 1.807) is 0 Å². The molecule has 1 aromatic rings. The molecule has 2 rings (SSSR count). The molecule has 0 saturated carbocycles. The molecule has 1 aliphatic heterocycles. The standard InChI is InChI=1S/C15H23NO2/c17-11-8-15(18)14-6-9-16(10-7-14)12-13-4-2-1-3-5-13/h1-5,14-15,17-18H,6-12H2/t15-/m1/s1. The lowest BCUT2D eigenvalue weighted by atomic mass is 9.89. The van der Waals surface area contributed by atoms with Gasteiger partial charge < -0.3 is 10.2 Å². The predicted molar refractivity (Wildman–Crippen MR) is 72.2 cm³/mol. The summed E-state index contributed by atoms with van der Waals surface area (Å²) in [6.45, 7) is 3.18. The van der Waals surface area contributed by atoms with E-state index in [1.807, 2.05) is 6.07 Å². The normalized spacial score (nSPS) is 19.9. The lowest BCUT2D eigenvalue weighted by Crippen LogP contribution is -2.37. The third-order valence-corrected chi connectivity index (χ3v) is 3.85. The van der Waals surface area contributed by atoms with Gasteiger partial charge in [-0.05, 0) is 43.8 Å². The topological polar surface area (TPSA) is 43.7 Å². The first-order chi connectivity index (χ1) is 8.79. The fourth-order valence-corrected chi connectivity index (χ4v) is 2.71. The Morgan fingerprint density at radius 3 is 2.44 bits per heavy atom. The van der Waals surface area contributed by atoms with Crippen molar-refractivity contribution in [3.05, 3.63) is 35.9 Å². The van der Waals surface area contributed by atoms with Gasteiger partial charge in [-0.25, -0.2) is 0 Å².